The van der Waals surface area contributed by atoms with E-state index in [4.69, 9.17) is 26.1 Å². The van der Waals surface area contributed by atoms with Crippen molar-refractivity contribution in [3.63, 3.8) is 0 Å². The number of tetrazole rings is 1. The van der Waals surface area contributed by atoms with Gasteiger partial charge in [0.1, 0.15) is 5.82 Å². The van der Waals surface area contributed by atoms with Gasteiger partial charge in [-0.3, -0.25) is 0 Å². The molecule has 206 valence electrons. The van der Waals surface area contributed by atoms with E-state index in [1.807, 2.05) is 23.6 Å². The molecule has 0 aliphatic carbocycles. The first-order chi connectivity index (χ1) is 19.6. The zero-order chi connectivity index (χ0) is 27.9. The molecule has 0 fully saturated rings. The average molecular weight is 577 g/mol. The van der Waals surface area contributed by atoms with Crippen molar-refractivity contribution in [2.75, 3.05) is 7.11 Å². The van der Waals surface area contributed by atoms with Gasteiger partial charge in [0.15, 0.2) is 5.15 Å². The van der Waals surface area contributed by atoms with Crippen LogP contribution >= 0.6 is 22.9 Å². The lowest BCUT2D eigenvalue weighted by atomic mass is 9.97. The lowest BCUT2D eigenvalue weighted by Crippen LogP contribution is -2.11. The van der Waals surface area contributed by atoms with E-state index in [2.05, 4.69) is 62.4 Å². The van der Waals surface area contributed by atoms with Gasteiger partial charge in [0.2, 0.25) is 5.82 Å². The van der Waals surface area contributed by atoms with Crippen molar-refractivity contribution in [3.8, 4) is 22.5 Å². The molecule has 11 heteroatoms. The Kier molecular flexibility index (Phi) is 9.00. The predicted molar refractivity (Wildman–Crippen MR) is 154 cm³/mol. The number of esters is 1. The third-order valence-electron chi connectivity index (χ3n) is 6.58. The van der Waals surface area contributed by atoms with Crippen LogP contribution in [0.5, 0.6) is 0 Å². The van der Waals surface area contributed by atoms with Crippen molar-refractivity contribution in [2.24, 2.45) is 0 Å². The number of nitrogens with one attached hydrogen (secondary N) is 1. The summed E-state index contributed by atoms with van der Waals surface area (Å²) in [6.45, 7) is 3.21. The van der Waals surface area contributed by atoms with Crippen LogP contribution in [0.15, 0.2) is 60.0 Å². The molecule has 0 saturated heterocycles. The molecule has 2 aromatic carbocycles. The summed E-state index contributed by atoms with van der Waals surface area (Å²) < 4.78 is 13.1. The Balaban J connectivity index is 1.44. The number of benzene rings is 2. The minimum absolute atomic E-state index is 0.246. The highest BCUT2D eigenvalue weighted by molar-refractivity contribution is 7.10. The number of halogens is 1. The Morgan fingerprint density at radius 3 is 2.70 bits per heavy atom. The molecule has 0 radical (unpaired) electrons. The molecule has 0 aliphatic heterocycles. The summed E-state index contributed by atoms with van der Waals surface area (Å²) in [5.74, 6) is 1.06. The first kappa shape index (κ1) is 27.7. The summed E-state index contributed by atoms with van der Waals surface area (Å²) in [5, 5.41) is 17.1. The maximum Gasteiger partial charge on any atom is 0.339 e. The van der Waals surface area contributed by atoms with Gasteiger partial charge in [-0.25, -0.2) is 9.78 Å². The van der Waals surface area contributed by atoms with E-state index >= 15 is 0 Å². The Hall–Kier alpha value is -3.86. The molecule has 0 bridgehead atoms. The number of hydrogen-bond acceptors (Lipinski definition) is 8. The largest absolute Gasteiger partial charge is 0.465 e. The maximum absolute atomic E-state index is 12.0. The second-order valence-corrected chi connectivity index (χ2v) is 10.5. The number of H-pyrrole nitrogens is 1. The van der Waals surface area contributed by atoms with Gasteiger partial charge in [0.05, 0.1) is 31.6 Å². The average Bonchev–Trinajstić information content (AvgIpc) is 3.74. The number of carbonyl (C=O) groups is 1. The molecule has 0 unspecified atom stereocenters. The fourth-order valence-electron chi connectivity index (χ4n) is 4.54. The van der Waals surface area contributed by atoms with Crippen LogP contribution in [-0.2, 0) is 35.7 Å². The highest BCUT2D eigenvalue weighted by Crippen LogP contribution is 2.32. The van der Waals surface area contributed by atoms with Gasteiger partial charge in [-0.05, 0) is 45.8 Å². The molecule has 0 saturated carbocycles. The Morgan fingerprint density at radius 1 is 1.10 bits per heavy atom. The number of thiophene rings is 1. The minimum atomic E-state index is -0.374. The van der Waals surface area contributed by atoms with Gasteiger partial charge < -0.3 is 14.0 Å². The van der Waals surface area contributed by atoms with Crippen molar-refractivity contribution in [1.82, 2.24) is 30.2 Å². The van der Waals surface area contributed by atoms with Crippen LogP contribution in [-0.4, -0.2) is 43.3 Å². The van der Waals surface area contributed by atoms with Gasteiger partial charge in [0.25, 0.3) is 0 Å². The van der Waals surface area contributed by atoms with Crippen molar-refractivity contribution >= 4 is 28.9 Å². The highest BCUT2D eigenvalue weighted by Gasteiger charge is 2.19. The van der Waals surface area contributed by atoms with Gasteiger partial charge in [-0.2, -0.15) is 5.21 Å². The topological polar surface area (TPSA) is 108 Å². The number of hydrogen-bond donors (Lipinski definition) is 1. The van der Waals surface area contributed by atoms with Crippen molar-refractivity contribution in [2.45, 2.75) is 45.9 Å². The predicted octanol–water partition coefficient (Wildman–Crippen LogP) is 6.34. The summed E-state index contributed by atoms with van der Waals surface area (Å²) in [7, 11) is 1.37. The first-order valence-corrected chi connectivity index (χ1v) is 14.2. The normalized spacial score (nSPS) is 11.2. The van der Waals surface area contributed by atoms with E-state index in [0.717, 1.165) is 57.9 Å². The van der Waals surface area contributed by atoms with Crippen LogP contribution in [0.2, 0.25) is 5.15 Å². The number of carbonyl (C=O) groups excluding carboxylic acids is 1. The van der Waals surface area contributed by atoms with Crippen molar-refractivity contribution in [3.05, 3.63) is 92.7 Å². The zero-order valence-electron chi connectivity index (χ0n) is 22.3. The molecule has 9 nitrogen and oxygen atoms in total. The minimum Gasteiger partial charge on any atom is -0.465 e. The van der Waals surface area contributed by atoms with Gasteiger partial charge >= 0.3 is 5.97 Å². The van der Waals surface area contributed by atoms with E-state index in [1.165, 1.54) is 18.4 Å². The lowest BCUT2D eigenvalue weighted by Gasteiger charge is -2.15. The fraction of sp³-hybridized carbons (Fsp3) is 0.276. The van der Waals surface area contributed by atoms with Crippen LogP contribution in [0.3, 0.4) is 0 Å². The van der Waals surface area contributed by atoms with Crippen LogP contribution in [0, 0.1) is 0 Å². The SMILES string of the molecule is CCCCc1nc(Cl)c(COCc2sccc2C(=O)OC)n1Cc1ccc(-c2ccccc2)c(-c2nn[nH]n2)c1. The number of ether oxygens (including phenoxy) is 2. The molecule has 3 heterocycles. The zero-order valence-corrected chi connectivity index (χ0v) is 23.8. The molecule has 0 atom stereocenters. The molecule has 0 spiro atoms. The molecule has 40 heavy (non-hydrogen) atoms. The first-order valence-electron chi connectivity index (χ1n) is 13.0. The number of rotatable bonds is 12. The Bertz CT molecular complexity index is 1570. The van der Waals surface area contributed by atoms with E-state index in [-0.39, 0.29) is 19.2 Å². The standard InChI is InChI=1S/C29H29ClN6O3S/c1-3-4-10-26-31-27(30)24(17-39-18-25-22(13-14-40-25)29(37)38-2)36(26)16-19-11-12-21(20-8-6-5-7-9-20)23(15-19)28-32-34-35-33-28/h5-9,11-15H,3-4,10,16-18H2,1-2H3,(H,32,33,34,35). The number of methoxy groups -OCH3 is 1. The lowest BCUT2D eigenvalue weighted by molar-refractivity contribution is 0.0591. The number of aryl methyl sites for hydroxylation is 1. The van der Waals surface area contributed by atoms with Crippen molar-refractivity contribution < 1.29 is 14.3 Å². The Labute approximate surface area is 241 Å². The Morgan fingerprint density at radius 2 is 1.95 bits per heavy atom. The van der Waals surface area contributed by atoms with Crippen LogP contribution in [0.1, 0.15) is 52.1 Å². The second kappa shape index (κ2) is 13.0. The van der Waals surface area contributed by atoms with E-state index in [0.29, 0.717) is 23.1 Å². The van der Waals surface area contributed by atoms with E-state index in [9.17, 15) is 4.79 Å². The fourth-order valence-corrected chi connectivity index (χ4v) is 5.59. The van der Waals surface area contributed by atoms with Gasteiger partial charge in [0, 0.05) is 23.4 Å². The third kappa shape index (κ3) is 6.14. The molecule has 5 rings (SSSR count). The summed E-state index contributed by atoms with van der Waals surface area (Å²) in [6, 6.07) is 18.1. The van der Waals surface area contributed by atoms with Gasteiger partial charge in [-0.1, -0.05) is 67.4 Å². The number of aromatic amines is 1. The smallest absolute Gasteiger partial charge is 0.339 e. The second-order valence-electron chi connectivity index (χ2n) is 9.18. The van der Waals surface area contributed by atoms with Crippen LogP contribution in [0.4, 0.5) is 0 Å². The van der Waals surface area contributed by atoms with Crippen LogP contribution in [0.25, 0.3) is 22.5 Å². The number of aromatic nitrogens is 6. The summed E-state index contributed by atoms with van der Waals surface area (Å²) in [6.07, 6.45) is 2.83. The van der Waals surface area contributed by atoms with Crippen molar-refractivity contribution in [1.29, 1.82) is 0 Å². The molecule has 0 aliphatic rings. The number of unbranched alkanes of at least 4 members (excludes halogenated alkanes) is 1. The number of imidazole rings is 1. The maximum atomic E-state index is 12.0. The summed E-state index contributed by atoms with van der Waals surface area (Å²) >= 11 is 8.12. The van der Waals surface area contributed by atoms with E-state index in [1.54, 1.807) is 6.07 Å². The molecule has 3 aromatic heterocycles. The highest BCUT2D eigenvalue weighted by atomic mass is 35.5. The monoisotopic (exact) mass is 576 g/mol. The third-order valence-corrected chi connectivity index (χ3v) is 7.77. The van der Waals surface area contributed by atoms with E-state index < -0.39 is 0 Å². The summed E-state index contributed by atoms with van der Waals surface area (Å²) in [4.78, 5) is 17.6. The molecular weight excluding hydrogens is 548 g/mol. The van der Waals surface area contributed by atoms with Gasteiger partial charge in [-0.15, -0.1) is 21.5 Å². The molecule has 5 aromatic rings. The molecule has 1 N–H and O–H groups in total. The number of nitrogens with zero attached hydrogens (tertiary/aromatic N) is 5. The molecular formula is C29H29ClN6O3S. The van der Waals surface area contributed by atoms with Crippen LogP contribution < -0.4 is 0 Å². The quantitative estimate of drug-likeness (QED) is 0.173. The summed E-state index contributed by atoms with van der Waals surface area (Å²) in [5.41, 5.74) is 5.31. The molecule has 0 amide bonds.